The Morgan fingerprint density at radius 1 is 1.09 bits per heavy atom. The van der Waals surface area contributed by atoms with Crippen molar-refractivity contribution in [3.05, 3.63) is 29.8 Å². The molecule has 0 radical (unpaired) electrons. The Kier molecular flexibility index (Phi) is 6.08. The number of hydrogen-bond donors (Lipinski definition) is 1. The molecule has 0 aliphatic carbocycles. The van der Waals surface area contributed by atoms with Gasteiger partial charge in [0.1, 0.15) is 11.3 Å². The lowest BCUT2D eigenvalue weighted by molar-refractivity contribution is -0.139. The van der Waals surface area contributed by atoms with Crippen LogP contribution in [0.3, 0.4) is 0 Å². The van der Waals surface area contributed by atoms with Gasteiger partial charge in [-0.05, 0) is 49.9 Å². The third-order valence-electron chi connectivity index (χ3n) is 6.85. The zero-order valence-electron chi connectivity index (χ0n) is 18.6. The number of methoxy groups -OCH3 is 1. The zero-order valence-corrected chi connectivity index (χ0v) is 18.6. The van der Waals surface area contributed by atoms with Crippen LogP contribution in [0.25, 0.3) is 0 Å². The lowest BCUT2D eigenvalue weighted by Crippen LogP contribution is -2.57. The SMILES string of the molecule is CCC(=O)N1CCC2(CC1)NC(=O)N(C1CCCN(C(=O)c3ccc(OC)cc3)C1)C2=O. The van der Waals surface area contributed by atoms with Crippen LogP contribution in [0.1, 0.15) is 49.4 Å². The van der Waals surface area contributed by atoms with Crippen LogP contribution >= 0.6 is 0 Å². The fourth-order valence-electron chi connectivity index (χ4n) is 4.94. The molecule has 3 heterocycles. The molecule has 9 heteroatoms. The van der Waals surface area contributed by atoms with Crippen LogP contribution in [0, 0.1) is 0 Å². The predicted octanol–water partition coefficient (Wildman–Crippen LogP) is 1.62. The molecule has 0 bridgehead atoms. The number of hydrogen-bond acceptors (Lipinski definition) is 5. The quantitative estimate of drug-likeness (QED) is 0.715. The van der Waals surface area contributed by atoms with Crippen molar-refractivity contribution >= 4 is 23.8 Å². The number of likely N-dealkylation sites (tertiary alicyclic amines) is 2. The molecular weight excluding hydrogens is 412 g/mol. The van der Waals surface area contributed by atoms with E-state index in [0.717, 1.165) is 6.42 Å². The van der Waals surface area contributed by atoms with Gasteiger partial charge < -0.3 is 19.9 Å². The minimum Gasteiger partial charge on any atom is -0.497 e. The van der Waals surface area contributed by atoms with E-state index in [1.807, 2.05) is 6.92 Å². The van der Waals surface area contributed by atoms with Crippen molar-refractivity contribution in [3.63, 3.8) is 0 Å². The second-order valence-electron chi connectivity index (χ2n) is 8.70. The molecule has 9 nitrogen and oxygen atoms in total. The summed E-state index contributed by atoms with van der Waals surface area (Å²) in [4.78, 5) is 56.0. The summed E-state index contributed by atoms with van der Waals surface area (Å²) < 4.78 is 5.15. The van der Waals surface area contributed by atoms with Gasteiger partial charge in [0.25, 0.3) is 11.8 Å². The summed E-state index contributed by atoms with van der Waals surface area (Å²) in [6.07, 6.45) is 2.65. The number of rotatable bonds is 4. The lowest BCUT2D eigenvalue weighted by Gasteiger charge is -2.39. The third-order valence-corrected chi connectivity index (χ3v) is 6.85. The van der Waals surface area contributed by atoms with Gasteiger partial charge in [0, 0.05) is 38.2 Å². The molecule has 1 unspecified atom stereocenters. The maximum Gasteiger partial charge on any atom is 0.325 e. The van der Waals surface area contributed by atoms with Crippen molar-refractivity contribution < 1.29 is 23.9 Å². The number of imide groups is 1. The fraction of sp³-hybridized carbons (Fsp3) is 0.565. The first-order valence-electron chi connectivity index (χ1n) is 11.3. The molecule has 1 N–H and O–H groups in total. The van der Waals surface area contributed by atoms with E-state index >= 15 is 0 Å². The summed E-state index contributed by atoms with van der Waals surface area (Å²) >= 11 is 0. The number of nitrogens with zero attached hydrogens (tertiary/aromatic N) is 3. The van der Waals surface area contributed by atoms with Crippen LogP contribution in [0.5, 0.6) is 5.75 Å². The molecule has 1 spiro atoms. The summed E-state index contributed by atoms with van der Waals surface area (Å²) in [5, 5.41) is 2.91. The molecule has 1 aromatic rings. The van der Waals surface area contributed by atoms with Crippen LogP contribution in [0.2, 0.25) is 0 Å². The summed E-state index contributed by atoms with van der Waals surface area (Å²) in [6.45, 7) is 3.64. The average molecular weight is 443 g/mol. The predicted molar refractivity (Wildman–Crippen MR) is 116 cm³/mol. The van der Waals surface area contributed by atoms with Gasteiger partial charge in [0.15, 0.2) is 0 Å². The Bertz CT molecular complexity index is 907. The number of carbonyl (C=O) groups excluding carboxylic acids is 4. The largest absolute Gasteiger partial charge is 0.497 e. The van der Waals surface area contributed by atoms with Gasteiger partial charge in [-0.3, -0.25) is 19.3 Å². The molecule has 4 rings (SSSR count). The number of ether oxygens (including phenoxy) is 1. The third kappa shape index (κ3) is 3.91. The van der Waals surface area contributed by atoms with Crippen molar-refractivity contribution in [2.75, 3.05) is 33.3 Å². The smallest absolute Gasteiger partial charge is 0.325 e. The van der Waals surface area contributed by atoms with E-state index in [9.17, 15) is 19.2 Å². The summed E-state index contributed by atoms with van der Waals surface area (Å²) in [5.74, 6) is 0.392. The highest BCUT2D eigenvalue weighted by atomic mass is 16.5. The van der Waals surface area contributed by atoms with Crippen LogP contribution in [-0.4, -0.2) is 83.3 Å². The maximum absolute atomic E-state index is 13.4. The fourth-order valence-corrected chi connectivity index (χ4v) is 4.94. The molecule has 3 saturated heterocycles. The van der Waals surface area contributed by atoms with Crippen LogP contribution in [0.4, 0.5) is 4.79 Å². The van der Waals surface area contributed by atoms with E-state index < -0.39 is 11.6 Å². The summed E-state index contributed by atoms with van der Waals surface area (Å²) in [6, 6.07) is 6.18. The van der Waals surface area contributed by atoms with E-state index in [0.29, 0.717) is 63.2 Å². The number of carbonyl (C=O) groups is 4. The number of amides is 5. The van der Waals surface area contributed by atoms with Crippen molar-refractivity contribution in [1.82, 2.24) is 20.0 Å². The maximum atomic E-state index is 13.4. The molecule has 172 valence electrons. The molecule has 3 aliphatic rings. The number of nitrogens with one attached hydrogen (secondary N) is 1. The van der Waals surface area contributed by atoms with Crippen LogP contribution < -0.4 is 10.1 Å². The summed E-state index contributed by atoms with van der Waals surface area (Å²) in [5.41, 5.74) is -0.391. The van der Waals surface area contributed by atoms with Gasteiger partial charge in [0.05, 0.1) is 13.2 Å². The van der Waals surface area contributed by atoms with E-state index in [-0.39, 0.29) is 23.8 Å². The van der Waals surface area contributed by atoms with Gasteiger partial charge in [-0.2, -0.15) is 0 Å². The van der Waals surface area contributed by atoms with Crippen LogP contribution in [0.15, 0.2) is 24.3 Å². The highest BCUT2D eigenvalue weighted by Crippen LogP contribution is 2.32. The molecular formula is C23H30N4O5. The highest BCUT2D eigenvalue weighted by Gasteiger charge is 2.54. The van der Waals surface area contributed by atoms with Crippen molar-refractivity contribution in [1.29, 1.82) is 0 Å². The Labute approximate surface area is 187 Å². The van der Waals surface area contributed by atoms with E-state index in [1.165, 1.54) is 4.90 Å². The molecule has 0 saturated carbocycles. The van der Waals surface area contributed by atoms with Gasteiger partial charge in [0.2, 0.25) is 5.91 Å². The standard InChI is InChI=1S/C23H30N4O5/c1-3-19(28)25-13-10-23(11-14-25)21(30)27(22(31)24-23)17-5-4-12-26(15-17)20(29)16-6-8-18(32-2)9-7-16/h6-9,17H,3-5,10-15H2,1-2H3,(H,24,31). The number of benzene rings is 1. The molecule has 5 amide bonds. The highest BCUT2D eigenvalue weighted by molar-refractivity contribution is 6.07. The average Bonchev–Trinajstić information content (AvgIpc) is 3.07. The van der Waals surface area contributed by atoms with Gasteiger partial charge in [-0.1, -0.05) is 6.92 Å². The first-order valence-corrected chi connectivity index (χ1v) is 11.3. The van der Waals surface area contributed by atoms with Gasteiger partial charge in [-0.15, -0.1) is 0 Å². The van der Waals surface area contributed by atoms with E-state index in [2.05, 4.69) is 5.32 Å². The van der Waals surface area contributed by atoms with Crippen molar-refractivity contribution in [2.45, 2.75) is 50.6 Å². The van der Waals surface area contributed by atoms with E-state index in [1.54, 1.807) is 41.2 Å². The minimum atomic E-state index is -0.941. The Morgan fingerprint density at radius 2 is 1.78 bits per heavy atom. The second kappa shape index (κ2) is 8.80. The monoisotopic (exact) mass is 442 g/mol. The van der Waals surface area contributed by atoms with Gasteiger partial charge in [-0.25, -0.2) is 4.79 Å². The Morgan fingerprint density at radius 3 is 2.41 bits per heavy atom. The Balaban J connectivity index is 1.44. The second-order valence-corrected chi connectivity index (χ2v) is 8.70. The minimum absolute atomic E-state index is 0.0634. The zero-order chi connectivity index (χ0) is 22.9. The van der Waals surface area contributed by atoms with Crippen molar-refractivity contribution in [2.24, 2.45) is 0 Å². The molecule has 3 aliphatic heterocycles. The number of urea groups is 1. The number of piperidine rings is 2. The van der Waals surface area contributed by atoms with Crippen molar-refractivity contribution in [3.8, 4) is 5.75 Å². The molecule has 1 atom stereocenters. The molecule has 3 fully saturated rings. The first-order chi connectivity index (χ1) is 15.4. The van der Waals surface area contributed by atoms with Crippen LogP contribution in [-0.2, 0) is 9.59 Å². The molecule has 0 aromatic heterocycles. The topological polar surface area (TPSA) is 99.3 Å². The van der Waals surface area contributed by atoms with Gasteiger partial charge >= 0.3 is 6.03 Å². The molecule has 1 aromatic carbocycles. The molecule has 32 heavy (non-hydrogen) atoms. The lowest BCUT2D eigenvalue weighted by atomic mass is 9.87. The summed E-state index contributed by atoms with van der Waals surface area (Å²) in [7, 11) is 1.57. The first kappa shape index (κ1) is 22.1. The normalized spacial score (nSPS) is 22.8. The van der Waals surface area contributed by atoms with E-state index in [4.69, 9.17) is 4.74 Å². The Hall–Kier alpha value is -3.10.